The maximum absolute atomic E-state index is 5.08. The van der Waals surface area contributed by atoms with Gasteiger partial charge in [-0.15, -0.1) is 0 Å². The monoisotopic (exact) mass is 427 g/mol. The van der Waals surface area contributed by atoms with Gasteiger partial charge in [0, 0.05) is 0 Å². The minimum absolute atomic E-state index is 0. The van der Waals surface area contributed by atoms with E-state index in [1.165, 1.54) is 0 Å². The summed E-state index contributed by atoms with van der Waals surface area (Å²) in [5.41, 5.74) is 0. The van der Waals surface area contributed by atoms with Crippen LogP contribution in [0.25, 0.3) is 0 Å². The maximum Gasteiger partial charge on any atom is 1.00 e. The smallest absolute Gasteiger partial charge is 1.00 e. The molecule has 0 saturated carbocycles. The molecule has 0 aromatic carbocycles. The maximum atomic E-state index is 5.03. The molecular weight excluding hydrogens is 422 g/mol. The molecule has 8 N–H and O–H groups in total. The zero-order chi connectivity index (χ0) is 6.41. The molecule has 0 saturated heterocycles. The average Bonchev–Trinajstić information content (AvgIpc) is 0.592. The first-order chi connectivity index (χ1) is 2.45. The first kappa shape index (κ1) is 36.0. The minimum atomic E-state index is -5.08. The van der Waals surface area contributed by atoms with Crippen LogP contribution in [0.4, 0.5) is 0 Å². The molecule has 0 aliphatic rings. The zero-order valence-corrected chi connectivity index (χ0v) is 14.8. The van der Waals surface area contributed by atoms with Crippen molar-refractivity contribution < 1.29 is 80.3 Å². The predicted molar refractivity (Wildman–Crippen MR) is 49.6 cm³/mol. The van der Waals surface area contributed by atoms with Gasteiger partial charge in [-0.05, 0) is 0 Å². The summed E-state index contributed by atoms with van der Waals surface area (Å²) in [5, 5.41) is 0. The van der Waals surface area contributed by atoms with Crippen LogP contribution in [0.3, 0.4) is 0 Å². The Morgan fingerprint density at radius 1 is 0.500 bits per heavy atom. The molecule has 0 bridgehead atoms. The van der Waals surface area contributed by atoms with Gasteiger partial charge in [0.25, 0.3) is 0 Å². The molecule has 0 atom stereocenters. The molecule has 4 nitrogen and oxygen atoms in total. The van der Waals surface area contributed by atoms with Crippen LogP contribution in [0.2, 0.25) is 0 Å². The Kier molecular flexibility index (Phi) is 24.1. The summed E-state index contributed by atoms with van der Waals surface area (Å²) in [7, 11) is 30.2. The van der Waals surface area contributed by atoms with E-state index in [9.17, 15) is 0 Å². The molecule has 0 radical (unpaired) electrons. The fourth-order valence-corrected chi connectivity index (χ4v) is 0. The third-order valence-corrected chi connectivity index (χ3v) is 0. The average molecular weight is 430 g/mol. The van der Waals surface area contributed by atoms with Crippen molar-refractivity contribution in [3.8, 4) is 0 Å². The molecular formula is H8Cl6KO4Pd. The number of halogens is 6. The van der Waals surface area contributed by atoms with E-state index in [1.54, 1.807) is 0 Å². The van der Waals surface area contributed by atoms with Crippen molar-refractivity contribution >= 4 is 57.2 Å². The second-order valence-corrected chi connectivity index (χ2v) is 36.1. The molecule has 0 amide bonds. The van der Waals surface area contributed by atoms with E-state index in [1.807, 2.05) is 0 Å². The fourth-order valence-electron chi connectivity index (χ4n) is 0. The van der Waals surface area contributed by atoms with Crippen molar-refractivity contribution in [2.75, 3.05) is 0 Å². The van der Waals surface area contributed by atoms with Crippen LogP contribution in [-0.2, 0) is 6.97 Å². The minimum Gasteiger partial charge on any atom is 1.00 e. The van der Waals surface area contributed by atoms with Crippen molar-refractivity contribution in [2.24, 2.45) is 0 Å². The Balaban J connectivity index is -0.0000000180. The van der Waals surface area contributed by atoms with E-state index < -0.39 is 6.97 Å². The molecule has 0 spiro atoms. The van der Waals surface area contributed by atoms with Gasteiger partial charge in [-0.1, -0.05) is 0 Å². The second-order valence-electron chi connectivity index (χ2n) is 0.678. The van der Waals surface area contributed by atoms with E-state index in [4.69, 9.17) is 57.2 Å². The molecule has 0 heterocycles. The first-order valence-electron chi connectivity index (χ1n) is 0.717. The van der Waals surface area contributed by atoms with Gasteiger partial charge in [0.2, 0.25) is 0 Å². The zero-order valence-electron chi connectivity index (χ0n) is 5.58. The number of hydrogen-bond donors (Lipinski definition) is 0. The largest absolute Gasteiger partial charge is 1.00 e. The summed E-state index contributed by atoms with van der Waals surface area (Å²) >= 11 is 0. The van der Waals surface area contributed by atoms with Gasteiger partial charge in [-0.25, -0.2) is 0 Å². The van der Waals surface area contributed by atoms with Gasteiger partial charge in [0.05, 0.1) is 0 Å². The summed E-state index contributed by atoms with van der Waals surface area (Å²) in [6.45, 7) is -5.08. The topological polar surface area (TPSA) is 126 Å². The Morgan fingerprint density at radius 2 is 0.500 bits per heavy atom. The normalized spacial score (nSPS) is 13.5. The van der Waals surface area contributed by atoms with Crippen molar-refractivity contribution in [3.05, 3.63) is 0 Å². The van der Waals surface area contributed by atoms with E-state index >= 15 is 0 Å². The SMILES string of the molecule is O.O.O.O.[Cl][Pd-]([Cl])([Cl])([Cl])([Cl])[Cl].[K+]. The third kappa shape index (κ3) is 153. The van der Waals surface area contributed by atoms with Crippen LogP contribution in [0.1, 0.15) is 0 Å². The van der Waals surface area contributed by atoms with Gasteiger partial charge in [0.15, 0.2) is 0 Å². The third-order valence-electron chi connectivity index (χ3n) is 0. The molecule has 0 fully saturated rings. The van der Waals surface area contributed by atoms with Gasteiger partial charge in [-0.2, -0.15) is 0 Å². The molecule has 0 unspecified atom stereocenters. The van der Waals surface area contributed by atoms with Crippen LogP contribution in [-0.4, -0.2) is 21.9 Å². The van der Waals surface area contributed by atoms with Crippen LogP contribution in [0.5, 0.6) is 0 Å². The number of rotatable bonds is 0. The van der Waals surface area contributed by atoms with Gasteiger partial charge < -0.3 is 21.9 Å². The van der Waals surface area contributed by atoms with Gasteiger partial charge >= 0.3 is 116 Å². The Hall–Kier alpha value is 3.88. The van der Waals surface area contributed by atoms with Crippen molar-refractivity contribution in [3.63, 3.8) is 0 Å². The number of hydrogen-bond acceptors (Lipinski definition) is 0. The van der Waals surface area contributed by atoms with E-state index in [0.717, 1.165) is 0 Å². The van der Waals surface area contributed by atoms with E-state index in [2.05, 4.69) is 0 Å². The Labute approximate surface area is 134 Å². The summed E-state index contributed by atoms with van der Waals surface area (Å²) in [6.07, 6.45) is 0. The van der Waals surface area contributed by atoms with Gasteiger partial charge in [0.1, 0.15) is 0 Å². The molecule has 0 aromatic heterocycles. The molecule has 0 aliphatic heterocycles. The molecule has 12 heavy (non-hydrogen) atoms. The van der Waals surface area contributed by atoms with E-state index in [-0.39, 0.29) is 73.3 Å². The van der Waals surface area contributed by atoms with Gasteiger partial charge in [-0.3, -0.25) is 0 Å². The summed E-state index contributed by atoms with van der Waals surface area (Å²) in [5.74, 6) is 0. The predicted octanol–water partition coefficient (Wildman–Crippen LogP) is -2.16. The second kappa shape index (κ2) is 8.04. The van der Waals surface area contributed by atoms with E-state index in [0.29, 0.717) is 0 Å². The van der Waals surface area contributed by atoms with Crippen molar-refractivity contribution in [1.29, 1.82) is 0 Å². The first-order valence-corrected chi connectivity index (χ1v) is 12.7. The molecule has 12 heteroatoms. The molecule has 0 aliphatic carbocycles. The summed E-state index contributed by atoms with van der Waals surface area (Å²) in [6, 6.07) is 0. The van der Waals surface area contributed by atoms with Crippen LogP contribution < -0.4 is 51.4 Å². The summed E-state index contributed by atoms with van der Waals surface area (Å²) < 4.78 is 0. The van der Waals surface area contributed by atoms with Crippen LogP contribution >= 0.6 is 57.2 Å². The Morgan fingerprint density at radius 3 is 0.500 bits per heavy atom. The van der Waals surface area contributed by atoms with Crippen molar-refractivity contribution in [2.45, 2.75) is 0 Å². The molecule has 0 aromatic rings. The summed E-state index contributed by atoms with van der Waals surface area (Å²) in [4.78, 5) is 0. The van der Waals surface area contributed by atoms with Crippen LogP contribution in [0.15, 0.2) is 0 Å². The fraction of sp³-hybridized carbons (Fsp3) is 0. The van der Waals surface area contributed by atoms with Crippen molar-refractivity contribution in [1.82, 2.24) is 0 Å². The molecule has 0 rings (SSSR count). The standard InChI is InChI=1S/6ClH.K.4H2O.Pd/h6*1H;;4*1H2;/q;;;;;;+1;;;;;+5/p-6. The molecule has 85 valence electrons. The quantitative estimate of drug-likeness (QED) is 0.389. The Bertz CT molecular complexity index is 78.1. The van der Waals surface area contributed by atoms with Crippen LogP contribution in [0, 0.1) is 0 Å².